The Bertz CT molecular complexity index is 1100. The van der Waals surface area contributed by atoms with Gasteiger partial charge in [0.2, 0.25) is 0 Å². The van der Waals surface area contributed by atoms with Gasteiger partial charge in [-0.15, -0.1) is 0 Å². The highest BCUT2D eigenvalue weighted by atomic mass is 79.9. The lowest BCUT2D eigenvalue weighted by molar-refractivity contribution is -0.117. The maximum absolute atomic E-state index is 13.5. The molecule has 1 aliphatic carbocycles. The quantitative estimate of drug-likeness (QED) is 0.730. The number of nitrogens with zero attached hydrogens (tertiary/aromatic N) is 3. The maximum atomic E-state index is 13.5. The van der Waals surface area contributed by atoms with Gasteiger partial charge in [0, 0.05) is 36.3 Å². The molecule has 0 bridgehead atoms. The molecule has 0 saturated heterocycles. The third-order valence-electron chi connectivity index (χ3n) is 5.79. The standard InChI is InChI=1S/C24H23BrN4O/c1-28(2)29-20-12-17(15-7-4-3-5-8-15)13-21(30)23(20)22(19(14-26)24(29)27)16-9-6-10-18(25)11-16/h3-11,17,22H,12-13,27H2,1-2H3/t17-,22-/m0/s1. The lowest BCUT2D eigenvalue weighted by Gasteiger charge is -2.43. The third-order valence-corrected chi connectivity index (χ3v) is 6.29. The van der Waals surface area contributed by atoms with Gasteiger partial charge in [-0.1, -0.05) is 58.4 Å². The SMILES string of the molecule is CN(C)N1C(N)=C(C#N)[C@H](c2cccc(Br)c2)C2=C1C[C@H](c1ccccc1)CC2=O. The molecule has 2 aromatic carbocycles. The third kappa shape index (κ3) is 3.45. The number of carbonyl (C=O) groups excluding carboxylic acids is 1. The van der Waals surface area contributed by atoms with Crippen LogP contribution in [0.1, 0.15) is 35.8 Å². The molecule has 0 fully saturated rings. The number of rotatable bonds is 3. The van der Waals surface area contributed by atoms with Crippen LogP contribution in [0.15, 0.2) is 81.7 Å². The summed E-state index contributed by atoms with van der Waals surface area (Å²) in [6.07, 6.45) is 1.11. The van der Waals surface area contributed by atoms with E-state index in [0.717, 1.165) is 21.3 Å². The van der Waals surface area contributed by atoms with E-state index in [2.05, 4.69) is 34.1 Å². The number of ketones is 1. The Morgan fingerprint density at radius 1 is 1.10 bits per heavy atom. The highest BCUT2D eigenvalue weighted by molar-refractivity contribution is 9.10. The predicted octanol–water partition coefficient (Wildman–Crippen LogP) is 4.42. The van der Waals surface area contributed by atoms with E-state index in [1.54, 1.807) is 0 Å². The Morgan fingerprint density at radius 3 is 2.43 bits per heavy atom. The highest BCUT2D eigenvalue weighted by Gasteiger charge is 2.43. The summed E-state index contributed by atoms with van der Waals surface area (Å²) in [6, 6.07) is 20.2. The number of nitriles is 1. The molecule has 4 rings (SSSR count). The van der Waals surface area contributed by atoms with Crippen LogP contribution in [0.2, 0.25) is 0 Å². The Morgan fingerprint density at radius 2 is 1.80 bits per heavy atom. The van der Waals surface area contributed by atoms with Crippen molar-refractivity contribution in [3.63, 3.8) is 0 Å². The maximum Gasteiger partial charge on any atom is 0.162 e. The topological polar surface area (TPSA) is 73.4 Å². The molecule has 2 N–H and O–H groups in total. The zero-order chi connectivity index (χ0) is 21.4. The van der Waals surface area contributed by atoms with Crippen molar-refractivity contribution in [1.29, 1.82) is 5.26 Å². The summed E-state index contributed by atoms with van der Waals surface area (Å²) in [5, 5.41) is 13.7. The Labute approximate surface area is 185 Å². The second-order valence-electron chi connectivity index (χ2n) is 7.86. The Balaban J connectivity index is 1.90. The number of carbonyl (C=O) groups is 1. The molecule has 5 nitrogen and oxygen atoms in total. The molecule has 0 unspecified atom stereocenters. The van der Waals surface area contributed by atoms with Crippen molar-refractivity contribution in [1.82, 2.24) is 10.0 Å². The van der Waals surface area contributed by atoms with E-state index in [-0.39, 0.29) is 11.7 Å². The number of halogens is 1. The Hall–Kier alpha value is -2.88. The number of allylic oxidation sites excluding steroid dienone is 3. The van der Waals surface area contributed by atoms with E-state index in [1.165, 1.54) is 0 Å². The molecule has 0 amide bonds. The molecule has 0 saturated carbocycles. The number of Topliss-reactive ketones (excluding diaryl/α,β-unsaturated/α-hetero) is 1. The molecule has 2 aliphatic rings. The summed E-state index contributed by atoms with van der Waals surface area (Å²) in [4.78, 5) is 13.5. The molecular weight excluding hydrogens is 440 g/mol. The number of benzene rings is 2. The van der Waals surface area contributed by atoms with E-state index < -0.39 is 5.92 Å². The number of nitrogens with two attached hydrogens (primary N) is 1. The summed E-state index contributed by atoms with van der Waals surface area (Å²) >= 11 is 3.51. The van der Waals surface area contributed by atoms with E-state index >= 15 is 0 Å². The van der Waals surface area contributed by atoms with Gasteiger partial charge in [-0.05, 0) is 35.6 Å². The molecule has 2 aromatic rings. The van der Waals surface area contributed by atoms with Gasteiger partial charge in [-0.25, -0.2) is 5.01 Å². The largest absolute Gasteiger partial charge is 0.383 e. The zero-order valence-corrected chi connectivity index (χ0v) is 18.6. The molecule has 0 spiro atoms. The van der Waals surface area contributed by atoms with Crippen LogP contribution in [0, 0.1) is 11.3 Å². The van der Waals surface area contributed by atoms with Crippen LogP contribution in [-0.4, -0.2) is 29.9 Å². The van der Waals surface area contributed by atoms with Gasteiger partial charge < -0.3 is 5.73 Å². The molecule has 1 aliphatic heterocycles. The molecule has 30 heavy (non-hydrogen) atoms. The zero-order valence-electron chi connectivity index (χ0n) is 17.0. The fourth-order valence-electron chi connectivity index (χ4n) is 4.55. The number of hydrazine groups is 1. The summed E-state index contributed by atoms with van der Waals surface area (Å²) in [7, 11) is 3.75. The average molecular weight is 463 g/mol. The number of hydrogen-bond donors (Lipinski definition) is 1. The second kappa shape index (κ2) is 8.10. The van der Waals surface area contributed by atoms with Gasteiger partial charge in [0.15, 0.2) is 5.78 Å². The van der Waals surface area contributed by atoms with Crippen LogP contribution in [0.25, 0.3) is 0 Å². The van der Waals surface area contributed by atoms with Gasteiger partial charge in [0.1, 0.15) is 5.82 Å². The lowest BCUT2D eigenvalue weighted by Crippen LogP contribution is -2.46. The predicted molar refractivity (Wildman–Crippen MR) is 120 cm³/mol. The van der Waals surface area contributed by atoms with Crippen molar-refractivity contribution >= 4 is 21.7 Å². The van der Waals surface area contributed by atoms with Crippen LogP contribution in [0.5, 0.6) is 0 Å². The van der Waals surface area contributed by atoms with Crippen LogP contribution in [0.3, 0.4) is 0 Å². The molecular formula is C24H23BrN4O. The van der Waals surface area contributed by atoms with E-state index in [0.29, 0.717) is 29.8 Å². The van der Waals surface area contributed by atoms with Crippen molar-refractivity contribution in [2.75, 3.05) is 14.1 Å². The molecule has 1 heterocycles. The molecule has 0 radical (unpaired) electrons. The van der Waals surface area contributed by atoms with E-state index in [4.69, 9.17) is 5.73 Å². The highest BCUT2D eigenvalue weighted by Crippen LogP contribution is 2.48. The van der Waals surface area contributed by atoms with Crippen molar-refractivity contribution in [3.8, 4) is 6.07 Å². The monoisotopic (exact) mass is 462 g/mol. The van der Waals surface area contributed by atoms with Crippen LogP contribution < -0.4 is 5.73 Å². The van der Waals surface area contributed by atoms with Crippen LogP contribution in [0.4, 0.5) is 0 Å². The van der Waals surface area contributed by atoms with Gasteiger partial charge in [0.05, 0.1) is 17.6 Å². The smallest absolute Gasteiger partial charge is 0.162 e. The normalized spacial score (nSPS) is 21.7. The minimum atomic E-state index is -0.456. The van der Waals surface area contributed by atoms with Crippen molar-refractivity contribution < 1.29 is 4.79 Å². The van der Waals surface area contributed by atoms with Crippen molar-refractivity contribution in [2.45, 2.75) is 24.7 Å². The minimum absolute atomic E-state index is 0.0715. The van der Waals surface area contributed by atoms with Gasteiger partial charge in [-0.2, -0.15) is 5.26 Å². The fraction of sp³-hybridized carbons (Fsp3) is 0.250. The van der Waals surface area contributed by atoms with E-state index in [9.17, 15) is 10.1 Å². The minimum Gasteiger partial charge on any atom is -0.383 e. The van der Waals surface area contributed by atoms with Crippen LogP contribution in [-0.2, 0) is 4.79 Å². The summed E-state index contributed by atoms with van der Waals surface area (Å²) in [5.74, 6) is 0.0809. The summed E-state index contributed by atoms with van der Waals surface area (Å²) in [5.41, 5.74) is 10.5. The van der Waals surface area contributed by atoms with Crippen molar-refractivity contribution in [3.05, 3.63) is 92.9 Å². The second-order valence-corrected chi connectivity index (χ2v) is 8.77. The average Bonchev–Trinajstić information content (AvgIpc) is 2.73. The Kier molecular flexibility index (Phi) is 5.50. The molecule has 152 valence electrons. The van der Waals surface area contributed by atoms with Crippen molar-refractivity contribution in [2.24, 2.45) is 5.73 Å². The first kappa shape index (κ1) is 20.4. The number of hydrogen-bond acceptors (Lipinski definition) is 5. The summed E-state index contributed by atoms with van der Waals surface area (Å²) < 4.78 is 0.901. The molecule has 6 heteroatoms. The van der Waals surface area contributed by atoms with E-state index in [1.807, 2.05) is 66.6 Å². The fourth-order valence-corrected chi connectivity index (χ4v) is 4.97. The first-order chi connectivity index (χ1) is 14.4. The first-order valence-electron chi connectivity index (χ1n) is 9.86. The van der Waals surface area contributed by atoms with Gasteiger partial charge >= 0.3 is 0 Å². The van der Waals surface area contributed by atoms with Gasteiger partial charge in [-0.3, -0.25) is 9.80 Å². The molecule has 2 atom stereocenters. The van der Waals surface area contributed by atoms with Gasteiger partial charge in [0.25, 0.3) is 0 Å². The lowest BCUT2D eigenvalue weighted by atomic mass is 9.72. The summed E-state index contributed by atoms with van der Waals surface area (Å²) in [6.45, 7) is 0. The molecule has 0 aromatic heterocycles. The first-order valence-corrected chi connectivity index (χ1v) is 10.7. The van der Waals surface area contributed by atoms with Crippen LogP contribution >= 0.6 is 15.9 Å².